The molecule has 0 bridgehead atoms. The molecule has 2 amide bonds. The molecule has 0 saturated carbocycles. The van der Waals surface area contributed by atoms with E-state index in [1.54, 1.807) is 47.8 Å². The number of alkyl halides is 2. The number of aryl methyl sites for hydroxylation is 1. The number of likely N-dealkylation sites (tertiary alicyclic amines) is 2. The monoisotopic (exact) mass is 606 g/mol. The van der Waals surface area contributed by atoms with Gasteiger partial charge in [0.25, 0.3) is 5.91 Å². The lowest BCUT2D eigenvalue weighted by Crippen LogP contribution is -2.44. The van der Waals surface area contributed by atoms with E-state index >= 15 is 0 Å². The quantitative estimate of drug-likeness (QED) is 0.292. The number of piperidine rings is 1. The van der Waals surface area contributed by atoms with Crippen molar-refractivity contribution >= 4 is 29.0 Å². The van der Waals surface area contributed by atoms with Crippen LogP contribution in [0, 0.1) is 12.8 Å². The number of amides is 2. The van der Waals surface area contributed by atoms with E-state index in [-0.39, 0.29) is 36.6 Å². The lowest BCUT2D eigenvalue weighted by Gasteiger charge is -2.33. The molecule has 2 saturated heterocycles. The number of anilines is 2. The van der Waals surface area contributed by atoms with Gasteiger partial charge in [0.15, 0.2) is 11.5 Å². The van der Waals surface area contributed by atoms with E-state index in [4.69, 9.17) is 0 Å². The number of hydrogen-bond acceptors (Lipinski definition) is 8. The predicted octanol–water partition coefficient (Wildman–Crippen LogP) is 3.47. The molecule has 2 unspecified atom stereocenters. The second kappa shape index (κ2) is 12.2. The molecule has 0 radical (unpaired) electrons. The predicted molar refractivity (Wildman–Crippen MR) is 157 cm³/mol. The number of rotatable bonds is 7. The van der Waals surface area contributed by atoms with E-state index in [2.05, 4.69) is 20.0 Å². The first-order valence-corrected chi connectivity index (χ1v) is 14.4. The minimum Gasteiger partial charge on any atom is -0.435 e. The second-order valence-electron chi connectivity index (χ2n) is 11.1. The Balaban J connectivity index is 1.11. The third-order valence-corrected chi connectivity index (χ3v) is 8.22. The Morgan fingerprint density at radius 2 is 1.70 bits per heavy atom. The number of aliphatic hydroxyl groups excluding tert-OH is 2. The zero-order chi connectivity index (χ0) is 31.0. The van der Waals surface area contributed by atoms with Crippen LogP contribution in [0.4, 0.5) is 20.3 Å². The molecule has 11 nitrogen and oxygen atoms in total. The topological polar surface area (TPSA) is 133 Å². The van der Waals surface area contributed by atoms with Crippen LogP contribution in [0.1, 0.15) is 28.8 Å². The maximum Gasteiger partial charge on any atom is 0.387 e. The minimum absolute atomic E-state index is 0.0686. The van der Waals surface area contributed by atoms with Gasteiger partial charge in [0.1, 0.15) is 5.75 Å². The van der Waals surface area contributed by atoms with Gasteiger partial charge in [0.05, 0.1) is 24.1 Å². The Labute approximate surface area is 251 Å². The molecule has 2 fully saturated rings. The molecular formula is C31H32F2N6O5. The van der Waals surface area contributed by atoms with E-state index in [1.807, 2.05) is 17.4 Å². The SMILES string of the molecule is Cc1cc(Nc2nccn3c(-c4ccc(OC(F)F)cc4)cnc23)ccc1C(=O)N1CCC(C(=O)N2CC(O)C(O)C2)CC1. The molecule has 2 aliphatic rings. The number of imidazole rings is 1. The Kier molecular flexibility index (Phi) is 8.15. The summed E-state index contributed by atoms with van der Waals surface area (Å²) in [5.41, 5.74) is 4.13. The van der Waals surface area contributed by atoms with E-state index in [0.29, 0.717) is 43.0 Å². The molecule has 230 valence electrons. The highest BCUT2D eigenvalue weighted by Crippen LogP contribution is 2.29. The molecule has 0 spiro atoms. The zero-order valence-electron chi connectivity index (χ0n) is 23.9. The van der Waals surface area contributed by atoms with Crippen LogP contribution < -0.4 is 10.1 Å². The highest BCUT2D eigenvalue weighted by molar-refractivity contribution is 5.96. The van der Waals surface area contributed by atoms with Gasteiger partial charge in [-0.1, -0.05) is 0 Å². The number of hydrogen-bond donors (Lipinski definition) is 3. The summed E-state index contributed by atoms with van der Waals surface area (Å²) >= 11 is 0. The molecule has 3 N–H and O–H groups in total. The smallest absolute Gasteiger partial charge is 0.387 e. The molecule has 13 heteroatoms. The fourth-order valence-electron chi connectivity index (χ4n) is 5.85. The first-order valence-electron chi connectivity index (χ1n) is 14.4. The van der Waals surface area contributed by atoms with Crippen molar-refractivity contribution in [1.82, 2.24) is 24.2 Å². The van der Waals surface area contributed by atoms with Gasteiger partial charge in [-0.2, -0.15) is 8.78 Å². The van der Waals surface area contributed by atoms with Crippen LogP contribution in [0.15, 0.2) is 61.1 Å². The number of benzene rings is 2. The summed E-state index contributed by atoms with van der Waals surface area (Å²) in [5.74, 6) is 0.153. The van der Waals surface area contributed by atoms with Crippen molar-refractivity contribution in [3.63, 3.8) is 0 Å². The first kappa shape index (κ1) is 29.5. The number of aromatic nitrogens is 3. The highest BCUT2D eigenvalue weighted by atomic mass is 19.3. The molecule has 4 heterocycles. The molecule has 4 aromatic rings. The van der Waals surface area contributed by atoms with Crippen LogP contribution in [-0.4, -0.2) is 91.2 Å². The fourth-order valence-corrected chi connectivity index (χ4v) is 5.85. The Morgan fingerprint density at radius 3 is 2.36 bits per heavy atom. The van der Waals surface area contributed by atoms with Gasteiger partial charge in [-0.3, -0.25) is 14.0 Å². The van der Waals surface area contributed by atoms with Crippen molar-refractivity contribution in [1.29, 1.82) is 0 Å². The number of ether oxygens (including phenoxy) is 1. The number of carbonyl (C=O) groups excluding carboxylic acids is 2. The molecule has 44 heavy (non-hydrogen) atoms. The minimum atomic E-state index is -2.89. The van der Waals surface area contributed by atoms with E-state index < -0.39 is 18.8 Å². The van der Waals surface area contributed by atoms with Gasteiger partial charge in [-0.25, -0.2) is 9.97 Å². The van der Waals surface area contributed by atoms with Gasteiger partial charge < -0.3 is 30.1 Å². The zero-order valence-corrected chi connectivity index (χ0v) is 23.9. The van der Waals surface area contributed by atoms with Gasteiger partial charge in [-0.05, 0) is 67.8 Å². The van der Waals surface area contributed by atoms with Crippen molar-refractivity contribution in [2.24, 2.45) is 5.92 Å². The van der Waals surface area contributed by atoms with Crippen molar-refractivity contribution in [2.45, 2.75) is 38.6 Å². The highest BCUT2D eigenvalue weighted by Gasteiger charge is 2.37. The Bertz CT molecular complexity index is 1660. The summed E-state index contributed by atoms with van der Waals surface area (Å²) in [6, 6.07) is 11.7. The van der Waals surface area contributed by atoms with Gasteiger partial charge in [0.2, 0.25) is 5.91 Å². The molecular weight excluding hydrogens is 574 g/mol. The standard InChI is InChI=1S/C31H32F2N6O5/c1-18-14-21(4-7-23(18)30(43)37-11-8-20(9-12-37)29(42)38-16-25(40)26(41)17-38)36-27-28-35-15-24(39(28)13-10-34-27)19-2-5-22(6-3-19)44-31(32)33/h2-7,10,13-15,20,25-26,31,40-41H,8-9,11-12,16-17H2,1H3,(H,34,36). The van der Waals surface area contributed by atoms with Crippen molar-refractivity contribution in [3.05, 3.63) is 72.2 Å². The maximum absolute atomic E-state index is 13.4. The van der Waals surface area contributed by atoms with Crippen LogP contribution >= 0.6 is 0 Å². The van der Waals surface area contributed by atoms with Crippen LogP contribution in [0.25, 0.3) is 16.9 Å². The summed E-state index contributed by atoms with van der Waals surface area (Å²) in [7, 11) is 0. The van der Waals surface area contributed by atoms with Crippen molar-refractivity contribution in [3.8, 4) is 17.0 Å². The number of fused-ring (bicyclic) bond motifs is 1. The van der Waals surface area contributed by atoms with Crippen LogP contribution in [0.5, 0.6) is 5.75 Å². The second-order valence-corrected chi connectivity index (χ2v) is 11.1. The molecule has 2 atom stereocenters. The van der Waals surface area contributed by atoms with Crippen LogP contribution in [0.3, 0.4) is 0 Å². The number of carbonyl (C=O) groups is 2. The van der Waals surface area contributed by atoms with Gasteiger partial charge in [0, 0.05) is 61.3 Å². The summed E-state index contributed by atoms with van der Waals surface area (Å²) in [5, 5.41) is 22.8. The number of aliphatic hydroxyl groups is 2. The number of nitrogens with zero attached hydrogens (tertiary/aromatic N) is 5. The summed E-state index contributed by atoms with van der Waals surface area (Å²) < 4.78 is 31.3. The molecule has 2 aromatic heterocycles. The van der Waals surface area contributed by atoms with Gasteiger partial charge >= 0.3 is 6.61 Å². The number of nitrogens with one attached hydrogen (secondary N) is 1. The van der Waals surface area contributed by atoms with E-state index in [1.165, 1.54) is 17.0 Å². The van der Waals surface area contributed by atoms with E-state index in [9.17, 15) is 28.6 Å². The lowest BCUT2D eigenvalue weighted by atomic mass is 9.94. The fraction of sp³-hybridized carbons (Fsp3) is 0.355. The molecule has 2 aromatic carbocycles. The van der Waals surface area contributed by atoms with E-state index in [0.717, 1.165) is 22.5 Å². The van der Waals surface area contributed by atoms with Crippen molar-refractivity contribution < 1.29 is 33.3 Å². The third kappa shape index (κ3) is 5.92. The molecule has 2 aliphatic heterocycles. The third-order valence-electron chi connectivity index (χ3n) is 8.22. The summed E-state index contributed by atoms with van der Waals surface area (Å²) in [6.45, 7) is 0.143. The first-order chi connectivity index (χ1) is 21.2. The lowest BCUT2D eigenvalue weighted by molar-refractivity contribution is -0.136. The molecule has 6 rings (SSSR count). The molecule has 0 aliphatic carbocycles. The van der Waals surface area contributed by atoms with Gasteiger partial charge in [-0.15, -0.1) is 0 Å². The van der Waals surface area contributed by atoms with Crippen LogP contribution in [-0.2, 0) is 4.79 Å². The Hall–Kier alpha value is -4.62. The average molecular weight is 607 g/mol. The van der Waals surface area contributed by atoms with Crippen molar-refractivity contribution in [2.75, 3.05) is 31.5 Å². The normalized spacial score (nSPS) is 19.1. The number of halogens is 2. The maximum atomic E-state index is 13.4. The largest absolute Gasteiger partial charge is 0.435 e. The summed E-state index contributed by atoms with van der Waals surface area (Å²) in [4.78, 5) is 38.4. The van der Waals surface area contributed by atoms with Crippen LogP contribution in [0.2, 0.25) is 0 Å². The summed E-state index contributed by atoms with van der Waals surface area (Å²) in [6.07, 6.45) is 4.29. The Morgan fingerprint density at radius 1 is 1.00 bits per heavy atom. The number of β-amino-alcohol motifs (C(OH)–C–C–N with tert-alkyl or cyclic N) is 2. The average Bonchev–Trinajstić information content (AvgIpc) is 3.60.